The topological polar surface area (TPSA) is 66.4 Å². The molecule has 1 atom stereocenters. The molecule has 92 valence electrons. The maximum absolute atomic E-state index is 12.5. The molecule has 4 nitrogen and oxygen atoms in total. The van der Waals surface area contributed by atoms with Crippen LogP contribution in [0, 0.1) is 5.92 Å². The molecule has 1 unspecified atom stereocenters. The number of benzene rings is 1. The van der Waals surface area contributed by atoms with Crippen molar-refractivity contribution in [2.75, 3.05) is 0 Å². The number of aliphatic hydroxyl groups excluding tert-OH is 1. The molecule has 3 rings (SSSR count). The average molecular weight is 243 g/mol. The van der Waals surface area contributed by atoms with Gasteiger partial charge in [-0.25, -0.2) is 0 Å². The van der Waals surface area contributed by atoms with Crippen LogP contribution in [-0.2, 0) is 15.1 Å². The lowest BCUT2D eigenvalue weighted by atomic mass is 9.83. The maximum Gasteiger partial charge on any atom is 0.248 e. The molecule has 1 aliphatic carbocycles. The van der Waals surface area contributed by atoms with Crippen LogP contribution in [0.1, 0.15) is 18.4 Å². The second-order valence-corrected chi connectivity index (χ2v) is 4.77. The van der Waals surface area contributed by atoms with Crippen LogP contribution in [0.15, 0.2) is 42.2 Å². The highest BCUT2D eigenvalue weighted by Gasteiger charge is 2.53. The molecule has 0 bridgehead atoms. The predicted molar refractivity (Wildman–Crippen MR) is 64.7 cm³/mol. The second kappa shape index (κ2) is 3.70. The molecule has 1 amide bonds. The summed E-state index contributed by atoms with van der Waals surface area (Å²) >= 11 is 0. The van der Waals surface area contributed by atoms with Crippen LogP contribution in [0.5, 0.6) is 0 Å². The highest BCUT2D eigenvalue weighted by molar-refractivity contribution is 6.05. The van der Waals surface area contributed by atoms with E-state index in [2.05, 4.69) is 5.32 Å². The van der Waals surface area contributed by atoms with E-state index in [1.165, 1.54) is 0 Å². The van der Waals surface area contributed by atoms with Gasteiger partial charge < -0.3 is 10.4 Å². The van der Waals surface area contributed by atoms with E-state index in [0.29, 0.717) is 5.56 Å². The fraction of sp³-hybridized carbons (Fsp3) is 0.286. The van der Waals surface area contributed by atoms with Gasteiger partial charge in [-0.15, -0.1) is 0 Å². The molecule has 18 heavy (non-hydrogen) atoms. The van der Waals surface area contributed by atoms with Crippen LogP contribution in [0.25, 0.3) is 0 Å². The van der Waals surface area contributed by atoms with E-state index in [-0.39, 0.29) is 17.5 Å². The Hall–Kier alpha value is -2.10. The third-order valence-electron chi connectivity index (χ3n) is 3.49. The molecule has 2 N–H and O–H groups in total. The van der Waals surface area contributed by atoms with E-state index in [4.69, 9.17) is 0 Å². The van der Waals surface area contributed by atoms with Crippen LogP contribution in [-0.4, -0.2) is 16.8 Å². The van der Waals surface area contributed by atoms with E-state index >= 15 is 0 Å². The Labute approximate surface area is 104 Å². The summed E-state index contributed by atoms with van der Waals surface area (Å²) in [6.45, 7) is 0. The maximum atomic E-state index is 12.5. The van der Waals surface area contributed by atoms with Gasteiger partial charge in [-0.1, -0.05) is 30.3 Å². The number of nitrogens with one attached hydrogen (secondary N) is 1. The summed E-state index contributed by atoms with van der Waals surface area (Å²) in [7, 11) is 0. The Morgan fingerprint density at radius 2 is 1.94 bits per heavy atom. The highest BCUT2D eigenvalue weighted by Crippen LogP contribution is 2.42. The Morgan fingerprint density at radius 3 is 2.44 bits per heavy atom. The zero-order valence-electron chi connectivity index (χ0n) is 9.72. The first-order valence-corrected chi connectivity index (χ1v) is 5.98. The molecule has 0 radical (unpaired) electrons. The van der Waals surface area contributed by atoms with Crippen molar-refractivity contribution in [1.29, 1.82) is 0 Å². The van der Waals surface area contributed by atoms with E-state index in [1.807, 2.05) is 6.07 Å². The fourth-order valence-corrected chi connectivity index (χ4v) is 2.41. The number of aliphatic hydroxyl groups is 1. The number of Topliss-reactive ketones (excluding diaryl/α,β-unsaturated/α-hetero) is 1. The largest absolute Gasteiger partial charge is 0.509 e. The summed E-state index contributed by atoms with van der Waals surface area (Å²) in [5.74, 6) is -0.798. The summed E-state index contributed by atoms with van der Waals surface area (Å²) in [6, 6.07) is 8.90. The van der Waals surface area contributed by atoms with Crippen molar-refractivity contribution >= 4 is 11.7 Å². The molecule has 1 aromatic rings. The molecular formula is C14H13NO3. The van der Waals surface area contributed by atoms with Gasteiger partial charge in [0.1, 0.15) is 5.76 Å². The number of carbonyl (C=O) groups excluding carboxylic acids is 2. The number of hydrogen-bond acceptors (Lipinski definition) is 3. The third kappa shape index (κ3) is 1.45. The molecule has 1 aliphatic heterocycles. The van der Waals surface area contributed by atoms with Crippen molar-refractivity contribution in [2.45, 2.75) is 18.4 Å². The van der Waals surface area contributed by atoms with Gasteiger partial charge in [0.05, 0.1) is 0 Å². The van der Waals surface area contributed by atoms with Crippen molar-refractivity contribution < 1.29 is 14.7 Å². The average Bonchev–Trinajstić information content (AvgIpc) is 3.16. The van der Waals surface area contributed by atoms with E-state index < -0.39 is 11.4 Å². The quantitative estimate of drug-likeness (QED) is 0.844. The minimum Gasteiger partial charge on any atom is -0.509 e. The third-order valence-corrected chi connectivity index (χ3v) is 3.49. The van der Waals surface area contributed by atoms with Crippen molar-refractivity contribution in [1.82, 2.24) is 5.32 Å². The minimum atomic E-state index is -1.36. The van der Waals surface area contributed by atoms with Crippen LogP contribution < -0.4 is 5.32 Å². The molecule has 0 spiro atoms. The molecule has 1 fully saturated rings. The first kappa shape index (κ1) is 11.0. The normalized spacial score (nSPS) is 26.7. The van der Waals surface area contributed by atoms with E-state index in [9.17, 15) is 14.7 Å². The van der Waals surface area contributed by atoms with Crippen LogP contribution in [0.4, 0.5) is 0 Å². The molecule has 0 saturated heterocycles. The molecule has 0 aromatic heterocycles. The Kier molecular flexibility index (Phi) is 2.26. The second-order valence-electron chi connectivity index (χ2n) is 4.77. The highest BCUT2D eigenvalue weighted by atomic mass is 16.3. The number of carbonyl (C=O) groups is 2. The van der Waals surface area contributed by atoms with E-state index in [1.54, 1.807) is 24.3 Å². The lowest BCUT2D eigenvalue weighted by molar-refractivity contribution is -0.129. The van der Waals surface area contributed by atoms with Crippen LogP contribution in [0.2, 0.25) is 0 Å². The SMILES string of the molecule is O=C1C=C(O)C(C(=O)C2CC2)(c2ccccc2)N1. The Balaban J connectivity index is 2.12. The van der Waals surface area contributed by atoms with Crippen LogP contribution in [0.3, 0.4) is 0 Å². The van der Waals surface area contributed by atoms with Gasteiger partial charge in [0, 0.05) is 12.0 Å². The smallest absolute Gasteiger partial charge is 0.248 e. The molecule has 1 aromatic carbocycles. The van der Waals surface area contributed by atoms with Crippen molar-refractivity contribution in [3.63, 3.8) is 0 Å². The van der Waals surface area contributed by atoms with Crippen molar-refractivity contribution in [2.24, 2.45) is 5.92 Å². The number of rotatable bonds is 3. The van der Waals surface area contributed by atoms with Gasteiger partial charge in [0.25, 0.3) is 0 Å². The van der Waals surface area contributed by atoms with Gasteiger partial charge in [0.15, 0.2) is 11.3 Å². The lowest BCUT2D eigenvalue weighted by Crippen LogP contribution is -2.49. The summed E-state index contributed by atoms with van der Waals surface area (Å²) < 4.78 is 0. The summed E-state index contributed by atoms with van der Waals surface area (Å²) in [6.07, 6.45) is 2.75. The Morgan fingerprint density at radius 1 is 1.28 bits per heavy atom. The monoisotopic (exact) mass is 243 g/mol. The zero-order valence-corrected chi connectivity index (χ0v) is 9.72. The number of hydrogen-bond donors (Lipinski definition) is 2. The standard InChI is InChI=1S/C14H13NO3/c16-11-8-12(17)15-14(11,13(18)9-6-7-9)10-4-2-1-3-5-10/h1-5,8-9,16H,6-7H2,(H,15,17). The number of amides is 1. The Bertz CT molecular complexity index is 545. The van der Waals surface area contributed by atoms with Gasteiger partial charge in [-0.05, 0) is 18.4 Å². The first-order chi connectivity index (χ1) is 8.64. The van der Waals surface area contributed by atoms with Gasteiger partial charge in [-0.2, -0.15) is 0 Å². The van der Waals surface area contributed by atoms with E-state index in [0.717, 1.165) is 18.9 Å². The molecular weight excluding hydrogens is 230 g/mol. The van der Waals surface area contributed by atoms with Gasteiger partial charge in [-0.3, -0.25) is 9.59 Å². The zero-order chi connectivity index (χ0) is 12.8. The molecule has 1 heterocycles. The summed E-state index contributed by atoms with van der Waals surface area (Å²) in [5.41, 5.74) is -0.749. The van der Waals surface area contributed by atoms with Crippen molar-refractivity contribution in [3.05, 3.63) is 47.7 Å². The lowest BCUT2D eigenvalue weighted by Gasteiger charge is -2.28. The van der Waals surface area contributed by atoms with Crippen molar-refractivity contribution in [3.8, 4) is 0 Å². The summed E-state index contributed by atoms with van der Waals surface area (Å²) in [5, 5.41) is 12.7. The minimum absolute atomic E-state index is 0.0563. The predicted octanol–water partition coefficient (Wildman–Crippen LogP) is 1.43. The molecule has 1 saturated carbocycles. The van der Waals surface area contributed by atoms with Crippen LogP contribution >= 0.6 is 0 Å². The summed E-state index contributed by atoms with van der Waals surface area (Å²) in [4.78, 5) is 24.0. The fourth-order valence-electron chi connectivity index (χ4n) is 2.41. The molecule has 4 heteroatoms. The molecule has 2 aliphatic rings. The van der Waals surface area contributed by atoms with Gasteiger partial charge >= 0.3 is 0 Å². The van der Waals surface area contributed by atoms with Gasteiger partial charge in [0.2, 0.25) is 5.91 Å². The number of ketones is 1. The first-order valence-electron chi connectivity index (χ1n) is 5.98.